The van der Waals surface area contributed by atoms with Crippen LogP contribution in [0.3, 0.4) is 0 Å². The van der Waals surface area contributed by atoms with E-state index in [0.29, 0.717) is 5.75 Å². The van der Waals surface area contributed by atoms with Crippen molar-refractivity contribution < 1.29 is 18.5 Å². The highest BCUT2D eigenvalue weighted by Crippen LogP contribution is 2.43. The predicted molar refractivity (Wildman–Crippen MR) is 85.6 cm³/mol. The zero-order valence-electron chi connectivity index (χ0n) is 13.1. The number of benzene rings is 1. The van der Waals surface area contributed by atoms with E-state index < -0.39 is 7.82 Å². The van der Waals surface area contributed by atoms with Crippen molar-refractivity contribution in [1.82, 2.24) is 0 Å². The molecule has 0 aliphatic heterocycles. The van der Waals surface area contributed by atoms with Crippen LogP contribution in [0.4, 0.5) is 0 Å². The summed E-state index contributed by atoms with van der Waals surface area (Å²) in [6.45, 7) is 4.40. The van der Waals surface area contributed by atoms with Gasteiger partial charge in [-0.3, -0.25) is 9.42 Å². The molecule has 0 saturated heterocycles. The van der Waals surface area contributed by atoms with E-state index in [-0.39, 0.29) is 6.61 Å². The molecule has 1 aromatic rings. The molecule has 0 aromatic heterocycles. The largest absolute Gasteiger partial charge is 0.527 e. The first-order valence-corrected chi connectivity index (χ1v) is 9.26. The number of phosphoric acid groups is 1. The Balaban J connectivity index is 2.15. The van der Waals surface area contributed by atoms with Gasteiger partial charge < -0.3 is 4.52 Å². The van der Waals surface area contributed by atoms with Gasteiger partial charge in [-0.05, 0) is 25.5 Å². The molecular weight excluding hydrogens is 287 g/mol. The second-order valence-corrected chi connectivity index (χ2v) is 6.71. The van der Waals surface area contributed by atoms with Gasteiger partial charge >= 0.3 is 7.82 Å². The van der Waals surface area contributed by atoms with E-state index in [4.69, 9.17) is 9.05 Å². The average molecular weight is 314 g/mol. The first-order valence-electron chi connectivity index (χ1n) is 7.77. The van der Waals surface area contributed by atoms with Crippen molar-refractivity contribution in [3.05, 3.63) is 29.8 Å². The monoisotopic (exact) mass is 314 g/mol. The minimum Gasteiger partial charge on any atom is -0.404 e. The molecule has 0 radical (unpaired) electrons. The summed E-state index contributed by atoms with van der Waals surface area (Å²) in [7, 11) is -4.00. The lowest BCUT2D eigenvalue weighted by molar-refractivity contribution is 0.199. The van der Waals surface area contributed by atoms with Crippen molar-refractivity contribution in [2.75, 3.05) is 6.61 Å². The molecule has 0 amide bonds. The molecular formula is C16H27O4P. The standard InChI is InChI=1S/C16H27O4P/c1-3-4-5-6-7-8-9-14-19-21(17,18)20-16-12-10-15(2)11-13-16/h10-13H,3-9,14H2,1-2H3,(H,17,18). The maximum atomic E-state index is 11.8. The Morgan fingerprint density at radius 3 is 2.19 bits per heavy atom. The fraction of sp³-hybridized carbons (Fsp3) is 0.625. The average Bonchev–Trinajstić information content (AvgIpc) is 2.44. The van der Waals surface area contributed by atoms with Crippen LogP contribution in [0.15, 0.2) is 24.3 Å². The van der Waals surface area contributed by atoms with Gasteiger partial charge in [0.2, 0.25) is 0 Å². The highest BCUT2D eigenvalue weighted by Gasteiger charge is 2.22. The third kappa shape index (κ3) is 8.92. The first-order chi connectivity index (χ1) is 10.0. The van der Waals surface area contributed by atoms with Crippen LogP contribution < -0.4 is 4.52 Å². The van der Waals surface area contributed by atoms with Crippen LogP contribution in [0.25, 0.3) is 0 Å². The zero-order valence-corrected chi connectivity index (χ0v) is 14.0. The van der Waals surface area contributed by atoms with Crippen molar-refractivity contribution in [2.24, 2.45) is 0 Å². The lowest BCUT2D eigenvalue weighted by atomic mass is 10.1. The normalized spacial score (nSPS) is 13.9. The van der Waals surface area contributed by atoms with Crippen molar-refractivity contribution in [1.29, 1.82) is 0 Å². The minimum absolute atomic E-state index is 0.257. The van der Waals surface area contributed by atoms with E-state index >= 15 is 0 Å². The Labute approximate surface area is 128 Å². The van der Waals surface area contributed by atoms with Gasteiger partial charge in [0.15, 0.2) is 0 Å². The predicted octanol–water partition coefficient (Wildman–Crippen LogP) is 5.24. The van der Waals surface area contributed by atoms with Crippen molar-refractivity contribution in [2.45, 2.75) is 58.8 Å². The molecule has 0 aliphatic carbocycles. The molecule has 1 rings (SSSR count). The van der Waals surface area contributed by atoms with Gasteiger partial charge in [-0.1, -0.05) is 63.1 Å². The fourth-order valence-electron chi connectivity index (χ4n) is 2.00. The van der Waals surface area contributed by atoms with Gasteiger partial charge in [0.25, 0.3) is 0 Å². The molecule has 0 spiro atoms. The molecule has 4 nitrogen and oxygen atoms in total. The van der Waals surface area contributed by atoms with Gasteiger partial charge in [0.05, 0.1) is 6.61 Å². The molecule has 0 fully saturated rings. The summed E-state index contributed by atoms with van der Waals surface area (Å²) >= 11 is 0. The Kier molecular flexibility index (Phi) is 8.67. The van der Waals surface area contributed by atoms with Crippen LogP contribution in [0.1, 0.15) is 57.4 Å². The summed E-state index contributed by atoms with van der Waals surface area (Å²) in [4.78, 5) is 9.62. The van der Waals surface area contributed by atoms with E-state index in [9.17, 15) is 9.46 Å². The summed E-state index contributed by atoms with van der Waals surface area (Å²) in [5, 5.41) is 0. The summed E-state index contributed by atoms with van der Waals surface area (Å²) in [6, 6.07) is 6.97. The van der Waals surface area contributed by atoms with Gasteiger partial charge in [0.1, 0.15) is 5.75 Å². The van der Waals surface area contributed by atoms with Crippen LogP contribution >= 0.6 is 7.82 Å². The number of phosphoric ester groups is 1. The van der Waals surface area contributed by atoms with Crippen LogP contribution in [-0.4, -0.2) is 11.5 Å². The van der Waals surface area contributed by atoms with Crippen LogP contribution in [-0.2, 0) is 9.09 Å². The molecule has 0 heterocycles. The van der Waals surface area contributed by atoms with Crippen molar-refractivity contribution >= 4 is 7.82 Å². The molecule has 0 aliphatic rings. The Morgan fingerprint density at radius 1 is 1.00 bits per heavy atom. The summed E-state index contributed by atoms with van der Waals surface area (Å²) in [5.41, 5.74) is 1.07. The molecule has 0 saturated carbocycles. The van der Waals surface area contributed by atoms with Crippen LogP contribution in [0.2, 0.25) is 0 Å². The number of hydrogen-bond acceptors (Lipinski definition) is 3. The Morgan fingerprint density at radius 2 is 1.57 bits per heavy atom. The second kappa shape index (κ2) is 9.99. The van der Waals surface area contributed by atoms with E-state index in [1.54, 1.807) is 12.1 Å². The first kappa shape index (κ1) is 18.2. The molecule has 5 heteroatoms. The molecule has 1 atom stereocenters. The van der Waals surface area contributed by atoms with Crippen molar-refractivity contribution in [3.8, 4) is 5.75 Å². The zero-order chi connectivity index (χ0) is 15.6. The molecule has 1 aromatic carbocycles. The third-order valence-corrected chi connectivity index (χ3v) is 4.19. The van der Waals surface area contributed by atoms with Crippen molar-refractivity contribution in [3.63, 3.8) is 0 Å². The van der Waals surface area contributed by atoms with E-state index in [1.807, 2.05) is 19.1 Å². The number of hydrogen-bond donors (Lipinski definition) is 1. The van der Waals surface area contributed by atoms with Gasteiger partial charge in [-0.15, -0.1) is 0 Å². The summed E-state index contributed by atoms with van der Waals surface area (Å²) in [5.74, 6) is 0.353. The number of rotatable bonds is 11. The maximum absolute atomic E-state index is 11.8. The van der Waals surface area contributed by atoms with Gasteiger partial charge in [0, 0.05) is 0 Å². The summed E-state index contributed by atoms with van der Waals surface area (Å²) in [6.07, 6.45) is 7.98. The fourth-order valence-corrected chi connectivity index (χ4v) is 2.80. The highest BCUT2D eigenvalue weighted by molar-refractivity contribution is 7.47. The van der Waals surface area contributed by atoms with E-state index in [1.165, 1.54) is 25.7 Å². The highest BCUT2D eigenvalue weighted by atomic mass is 31.2. The molecule has 0 bridgehead atoms. The molecule has 120 valence electrons. The molecule has 1 N–H and O–H groups in total. The van der Waals surface area contributed by atoms with E-state index in [2.05, 4.69) is 6.92 Å². The lowest BCUT2D eigenvalue weighted by Gasteiger charge is -2.13. The third-order valence-electron chi connectivity index (χ3n) is 3.24. The second-order valence-electron chi connectivity index (χ2n) is 5.33. The smallest absolute Gasteiger partial charge is 0.404 e. The van der Waals surface area contributed by atoms with Crippen LogP contribution in [0, 0.1) is 6.92 Å². The Hall–Kier alpha value is -0.830. The quantitative estimate of drug-likeness (QED) is 0.448. The van der Waals surface area contributed by atoms with Gasteiger partial charge in [-0.2, -0.15) is 0 Å². The summed E-state index contributed by atoms with van der Waals surface area (Å²) < 4.78 is 21.7. The molecule has 1 unspecified atom stereocenters. The van der Waals surface area contributed by atoms with Gasteiger partial charge in [-0.25, -0.2) is 4.57 Å². The minimum atomic E-state index is -4.00. The number of unbranched alkanes of at least 4 members (excludes halogenated alkanes) is 6. The topological polar surface area (TPSA) is 55.8 Å². The SMILES string of the molecule is CCCCCCCCCOP(=O)(O)Oc1ccc(C)cc1. The van der Waals surface area contributed by atoms with E-state index in [0.717, 1.165) is 24.8 Å². The molecule has 21 heavy (non-hydrogen) atoms. The van der Waals surface area contributed by atoms with Crippen LogP contribution in [0.5, 0.6) is 5.75 Å². The Bertz CT molecular complexity index is 430. The number of aryl methyl sites for hydroxylation is 1. The maximum Gasteiger partial charge on any atom is 0.527 e. The lowest BCUT2D eigenvalue weighted by Crippen LogP contribution is -1.99.